The van der Waals surface area contributed by atoms with E-state index in [0.717, 1.165) is 0 Å². The lowest BCUT2D eigenvalue weighted by atomic mass is 9.88. The number of alkyl halides is 3. The number of nitrogens with zero attached hydrogens (tertiary/aromatic N) is 2. The lowest BCUT2D eigenvalue weighted by Crippen LogP contribution is -2.24. The van der Waals surface area contributed by atoms with Gasteiger partial charge in [-0.25, -0.2) is 14.8 Å². The Hall–Kier alpha value is -1.92. The van der Waals surface area contributed by atoms with E-state index in [1.807, 2.05) is 0 Å². The Morgan fingerprint density at radius 3 is 2.76 bits per heavy atom. The molecule has 7 heteroatoms. The van der Waals surface area contributed by atoms with Gasteiger partial charge in [0.2, 0.25) is 0 Å². The first-order valence-electron chi connectivity index (χ1n) is 6.67. The molecule has 0 radical (unpaired) electrons. The van der Waals surface area contributed by atoms with Crippen LogP contribution < -0.4 is 0 Å². The summed E-state index contributed by atoms with van der Waals surface area (Å²) in [6, 6.07) is 1.46. The number of hydrogen-bond donors (Lipinski definition) is 0. The van der Waals surface area contributed by atoms with Crippen molar-refractivity contribution in [1.82, 2.24) is 9.97 Å². The van der Waals surface area contributed by atoms with Crippen LogP contribution in [0.15, 0.2) is 18.5 Å². The molecule has 1 atom stereocenters. The van der Waals surface area contributed by atoms with E-state index in [-0.39, 0.29) is 31.6 Å². The zero-order chi connectivity index (χ0) is 15.5. The molecule has 0 aromatic carbocycles. The molecule has 1 heterocycles. The van der Waals surface area contributed by atoms with Gasteiger partial charge < -0.3 is 4.74 Å². The van der Waals surface area contributed by atoms with Crippen molar-refractivity contribution in [1.29, 1.82) is 0 Å². The van der Waals surface area contributed by atoms with Crippen molar-refractivity contribution in [3.63, 3.8) is 0 Å². The Balaban J connectivity index is 2.15. The van der Waals surface area contributed by atoms with Crippen LogP contribution in [0.4, 0.5) is 13.2 Å². The third kappa shape index (κ3) is 3.80. The largest absolute Gasteiger partial charge is 0.461 e. The highest BCUT2D eigenvalue weighted by Crippen LogP contribution is 2.38. The molecule has 114 valence electrons. The van der Waals surface area contributed by atoms with Crippen molar-refractivity contribution >= 4 is 11.5 Å². The van der Waals surface area contributed by atoms with Crippen LogP contribution >= 0.6 is 0 Å². The summed E-state index contributed by atoms with van der Waals surface area (Å²) >= 11 is 0. The first kappa shape index (κ1) is 15.5. The summed E-state index contributed by atoms with van der Waals surface area (Å²) in [5, 5.41) is 0. The third-order valence-electron chi connectivity index (χ3n) is 3.35. The first-order chi connectivity index (χ1) is 9.91. The molecule has 0 saturated carbocycles. The SMILES string of the molecule is CCOC(=O)c1cc(C2=CCC(C(F)(F)F)CC2)ncn1. The molecule has 2 rings (SSSR count). The fraction of sp³-hybridized carbons (Fsp3) is 0.500. The number of allylic oxidation sites excluding steroid dienone is 2. The van der Waals surface area contributed by atoms with Crippen LogP contribution in [0.5, 0.6) is 0 Å². The smallest absolute Gasteiger partial charge is 0.392 e. The lowest BCUT2D eigenvalue weighted by Gasteiger charge is -2.23. The maximum absolute atomic E-state index is 12.6. The zero-order valence-corrected chi connectivity index (χ0v) is 11.5. The molecule has 4 nitrogen and oxygen atoms in total. The van der Waals surface area contributed by atoms with Gasteiger partial charge in [0.15, 0.2) is 5.69 Å². The minimum Gasteiger partial charge on any atom is -0.461 e. The molecular weight excluding hydrogens is 285 g/mol. The van der Waals surface area contributed by atoms with E-state index in [2.05, 4.69) is 9.97 Å². The molecule has 0 bridgehead atoms. The number of carbonyl (C=O) groups excluding carboxylic acids is 1. The van der Waals surface area contributed by atoms with E-state index >= 15 is 0 Å². The Kier molecular flexibility index (Phi) is 4.59. The van der Waals surface area contributed by atoms with E-state index < -0.39 is 18.1 Å². The molecule has 1 aromatic heterocycles. The number of carbonyl (C=O) groups is 1. The second kappa shape index (κ2) is 6.24. The highest BCUT2D eigenvalue weighted by Gasteiger charge is 2.39. The van der Waals surface area contributed by atoms with Gasteiger partial charge in [-0.2, -0.15) is 13.2 Å². The predicted octanol–water partition coefficient (Wildman–Crippen LogP) is 3.40. The van der Waals surface area contributed by atoms with Crippen molar-refractivity contribution in [2.24, 2.45) is 5.92 Å². The summed E-state index contributed by atoms with van der Waals surface area (Å²) in [7, 11) is 0. The van der Waals surface area contributed by atoms with E-state index in [0.29, 0.717) is 11.3 Å². The Morgan fingerprint density at radius 1 is 1.43 bits per heavy atom. The van der Waals surface area contributed by atoms with Crippen LogP contribution in [0.2, 0.25) is 0 Å². The van der Waals surface area contributed by atoms with E-state index in [4.69, 9.17) is 4.74 Å². The summed E-state index contributed by atoms with van der Waals surface area (Å²) in [6.45, 7) is 1.91. The molecule has 0 aliphatic heterocycles. The minimum absolute atomic E-state index is 0.0358. The topological polar surface area (TPSA) is 52.1 Å². The van der Waals surface area contributed by atoms with Gasteiger partial charge in [0.25, 0.3) is 0 Å². The molecule has 1 aliphatic carbocycles. The molecule has 1 aliphatic rings. The number of hydrogen-bond acceptors (Lipinski definition) is 4. The van der Waals surface area contributed by atoms with Gasteiger partial charge in [-0.05, 0) is 37.8 Å². The Morgan fingerprint density at radius 2 is 2.19 bits per heavy atom. The molecule has 0 amide bonds. The highest BCUT2D eigenvalue weighted by atomic mass is 19.4. The maximum atomic E-state index is 12.6. The zero-order valence-electron chi connectivity index (χ0n) is 11.5. The van der Waals surface area contributed by atoms with Crippen molar-refractivity contribution in [2.45, 2.75) is 32.4 Å². The number of halogens is 3. The molecule has 21 heavy (non-hydrogen) atoms. The summed E-state index contributed by atoms with van der Waals surface area (Å²) in [5.74, 6) is -1.86. The number of aromatic nitrogens is 2. The minimum atomic E-state index is -4.16. The molecule has 0 saturated heterocycles. The predicted molar refractivity (Wildman–Crippen MR) is 69.4 cm³/mol. The molecular formula is C14H15F3N2O2. The van der Waals surface area contributed by atoms with Crippen LogP contribution in [0.25, 0.3) is 5.57 Å². The molecule has 1 aromatic rings. The fourth-order valence-corrected chi connectivity index (χ4v) is 2.21. The van der Waals surface area contributed by atoms with Gasteiger partial charge in [-0.3, -0.25) is 0 Å². The van der Waals surface area contributed by atoms with Gasteiger partial charge in [0.05, 0.1) is 18.2 Å². The van der Waals surface area contributed by atoms with Crippen molar-refractivity contribution < 1.29 is 22.7 Å². The van der Waals surface area contributed by atoms with Gasteiger partial charge in [0.1, 0.15) is 6.33 Å². The van der Waals surface area contributed by atoms with Crippen molar-refractivity contribution in [3.8, 4) is 0 Å². The monoisotopic (exact) mass is 300 g/mol. The van der Waals surface area contributed by atoms with E-state index in [9.17, 15) is 18.0 Å². The standard InChI is InChI=1S/C14H15F3N2O2/c1-2-21-13(20)12-7-11(18-8-19-12)9-3-5-10(6-4-9)14(15,16)17/h3,7-8,10H,2,4-6H2,1H3. The number of rotatable bonds is 3. The fourth-order valence-electron chi connectivity index (χ4n) is 2.21. The van der Waals surface area contributed by atoms with Gasteiger partial charge >= 0.3 is 12.1 Å². The van der Waals surface area contributed by atoms with Crippen LogP contribution in [0.3, 0.4) is 0 Å². The molecule has 0 N–H and O–H groups in total. The van der Waals surface area contributed by atoms with Gasteiger partial charge in [-0.15, -0.1) is 0 Å². The number of ether oxygens (including phenoxy) is 1. The van der Waals surface area contributed by atoms with Gasteiger partial charge in [-0.1, -0.05) is 6.08 Å². The van der Waals surface area contributed by atoms with Crippen LogP contribution in [-0.2, 0) is 4.74 Å². The second-order valence-corrected chi connectivity index (χ2v) is 4.75. The average molecular weight is 300 g/mol. The lowest BCUT2D eigenvalue weighted by molar-refractivity contribution is -0.175. The normalized spacial score (nSPS) is 19.0. The summed E-state index contributed by atoms with van der Waals surface area (Å²) in [6.07, 6.45) is -1.14. The van der Waals surface area contributed by atoms with E-state index in [1.54, 1.807) is 13.0 Å². The van der Waals surface area contributed by atoms with Crippen molar-refractivity contribution in [3.05, 3.63) is 29.9 Å². The summed E-state index contributed by atoms with van der Waals surface area (Å²) in [4.78, 5) is 19.4. The van der Waals surface area contributed by atoms with E-state index in [1.165, 1.54) is 12.4 Å². The summed E-state index contributed by atoms with van der Waals surface area (Å²) < 4.78 is 42.7. The summed E-state index contributed by atoms with van der Waals surface area (Å²) in [5.41, 5.74) is 1.30. The highest BCUT2D eigenvalue weighted by molar-refractivity contribution is 5.88. The number of esters is 1. The molecule has 0 spiro atoms. The second-order valence-electron chi connectivity index (χ2n) is 4.75. The first-order valence-corrected chi connectivity index (χ1v) is 6.67. The molecule has 0 fully saturated rings. The molecule has 1 unspecified atom stereocenters. The Labute approximate surface area is 120 Å². The van der Waals surface area contributed by atoms with Crippen LogP contribution in [0.1, 0.15) is 42.4 Å². The van der Waals surface area contributed by atoms with Crippen LogP contribution in [0, 0.1) is 5.92 Å². The maximum Gasteiger partial charge on any atom is 0.392 e. The third-order valence-corrected chi connectivity index (χ3v) is 3.35. The quantitative estimate of drug-likeness (QED) is 0.803. The van der Waals surface area contributed by atoms with Crippen molar-refractivity contribution in [2.75, 3.05) is 6.61 Å². The van der Waals surface area contributed by atoms with Crippen LogP contribution in [-0.4, -0.2) is 28.7 Å². The van der Waals surface area contributed by atoms with Gasteiger partial charge in [0, 0.05) is 0 Å². The average Bonchev–Trinajstić information content (AvgIpc) is 2.47. The Bertz CT molecular complexity index is 555.